The Labute approximate surface area is 137 Å². The summed E-state index contributed by atoms with van der Waals surface area (Å²) in [4.78, 5) is 3.11. The van der Waals surface area contributed by atoms with E-state index in [1.807, 2.05) is 6.07 Å². The van der Waals surface area contributed by atoms with Crippen LogP contribution in [0.4, 0.5) is 4.39 Å². The predicted molar refractivity (Wildman–Crippen MR) is 90.5 cm³/mol. The van der Waals surface area contributed by atoms with E-state index in [4.69, 9.17) is 12.2 Å². The molecule has 1 aliphatic rings. The van der Waals surface area contributed by atoms with Gasteiger partial charge in [0.05, 0.1) is 15.5 Å². The van der Waals surface area contributed by atoms with Crippen LogP contribution in [0.15, 0.2) is 16.6 Å². The lowest BCUT2D eigenvalue weighted by Gasteiger charge is -2.26. The number of nitrogens with one attached hydrogen (secondary N) is 1. The number of H-pyrrole nitrogens is 1. The average molecular weight is 371 g/mol. The highest BCUT2D eigenvalue weighted by molar-refractivity contribution is 9.10. The smallest absolute Gasteiger partial charge is 0.178 e. The van der Waals surface area contributed by atoms with Crippen molar-refractivity contribution in [2.75, 3.05) is 0 Å². The van der Waals surface area contributed by atoms with Crippen LogP contribution in [0.3, 0.4) is 0 Å². The summed E-state index contributed by atoms with van der Waals surface area (Å²) in [6.07, 6.45) is 6.53. The molecule has 1 saturated carbocycles. The van der Waals surface area contributed by atoms with E-state index in [1.165, 1.54) is 31.7 Å². The zero-order chi connectivity index (χ0) is 15.0. The van der Waals surface area contributed by atoms with Gasteiger partial charge in [-0.1, -0.05) is 26.2 Å². The van der Waals surface area contributed by atoms with Crippen LogP contribution in [-0.2, 0) is 6.54 Å². The van der Waals surface area contributed by atoms with Gasteiger partial charge in [0.15, 0.2) is 4.77 Å². The largest absolute Gasteiger partial charge is 0.330 e. The molecule has 5 heteroatoms. The SMILES string of the molecule is CC1CCCC(CCn2c(=S)[nH]c3cc(F)c(Br)cc32)C1. The fourth-order valence-corrected chi connectivity index (χ4v) is 4.14. The molecule has 1 aromatic carbocycles. The molecule has 2 nitrogen and oxygen atoms in total. The van der Waals surface area contributed by atoms with Gasteiger partial charge in [-0.05, 0) is 58.9 Å². The van der Waals surface area contributed by atoms with Crippen molar-refractivity contribution >= 4 is 39.2 Å². The number of hydrogen-bond acceptors (Lipinski definition) is 1. The van der Waals surface area contributed by atoms with E-state index in [0.717, 1.165) is 35.8 Å². The summed E-state index contributed by atoms with van der Waals surface area (Å²) >= 11 is 8.66. The lowest BCUT2D eigenvalue weighted by molar-refractivity contribution is 0.261. The third-order valence-corrected chi connectivity index (χ3v) is 5.55. The Bertz CT molecular complexity index is 706. The minimum atomic E-state index is -0.257. The summed E-state index contributed by atoms with van der Waals surface area (Å²) in [5.74, 6) is 1.39. The van der Waals surface area contributed by atoms with E-state index in [1.54, 1.807) is 0 Å². The number of benzene rings is 1. The van der Waals surface area contributed by atoms with E-state index in [0.29, 0.717) is 9.24 Å². The van der Waals surface area contributed by atoms with Crippen molar-refractivity contribution in [2.24, 2.45) is 11.8 Å². The van der Waals surface area contributed by atoms with Crippen molar-refractivity contribution in [3.8, 4) is 0 Å². The molecule has 1 aromatic heterocycles. The van der Waals surface area contributed by atoms with Crippen molar-refractivity contribution in [3.63, 3.8) is 0 Å². The van der Waals surface area contributed by atoms with Gasteiger partial charge in [-0.15, -0.1) is 0 Å². The molecule has 2 unspecified atom stereocenters. The van der Waals surface area contributed by atoms with Crippen LogP contribution in [0, 0.1) is 22.4 Å². The van der Waals surface area contributed by atoms with Gasteiger partial charge in [0, 0.05) is 12.6 Å². The number of aryl methyl sites for hydroxylation is 1. The summed E-state index contributed by atoms with van der Waals surface area (Å²) in [6.45, 7) is 3.26. The van der Waals surface area contributed by atoms with Crippen LogP contribution in [0.1, 0.15) is 39.0 Å². The molecular weight excluding hydrogens is 351 g/mol. The molecule has 21 heavy (non-hydrogen) atoms. The fourth-order valence-electron chi connectivity index (χ4n) is 3.51. The van der Waals surface area contributed by atoms with E-state index >= 15 is 0 Å². The predicted octanol–water partition coefficient (Wildman–Crippen LogP) is 5.82. The molecule has 1 fully saturated rings. The average Bonchev–Trinajstić information content (AvgIpc) is 2.72. The first-order chi connectivity index (χ1) is 10.0. The quantitative estimate of drug-likeness (QED) is 0.675. The number of aromatic nitrogens is 2. The number of rotatable bonds is 3. The van der Waals surface area contributed by atoms with Crippen molar-refractivity contribution in [1.29, 1.82) is 0 Å². The van der Waals surface area contributed by atoms with Crippen molar-refractivity contribution in [1.82, 2.24) is 9.55 Å². The minimum Gasteiger partial charge on any atom is -0.330 e. The fraction of sp³-hybridized carbons (Fsp3) is 0.562. The van der Waals surface area contributed by atoms with Crippen molar-refractivity contribution in [2.45, 2.75) is 45.6 Å². The number of nitrogens with zero attached hydrogens (tertiary/aromatic N) is 1. The van der Waals surface area contributed by atoms with Gasteiger partial charge in [-0.25, -0.2) is 4.39 Å². The molecule has 0 amide bonds. The maximum Gasteiger partial charge on any atom is 0.178 e. The summed E-state index contributed by atoms with van der Waals surface area (Å²) in [5, 5.41) is 0. The number of aromatic amines is 1. The standard InChI is InChI=1S/C16H20BrFN2S/c1-10-3-2-4-11(7-10)5-6-20-15-8-12(17)13(18)9-14(15)19-16(20)21/h8-11H,2-7H2,1H3,(H,19,21). The molecule has 1 heterocycles. The van der Waals surface area contributed by atoms with Crippen molar-refractivity contribution in [3.05, 3.63) is 27.2 Å². The third-order valence-electron chi connectivity index (χ3n) is 4.62. The van der Waals surface area contributed by atoms with Crippen LogP contribution in [-0.4, -0.2) is 9.55 Å². The lowest BCUT2D eigenvalue weighted by Crippen LogP contribution is -2.15. The molecular formula is C16H20BrFN2S. The zero-order valence-electron chi connectivity index (χ0n) is 12.2. The molecule has 0 spiro atoms. The molecule has 2 atom stereocenters. The van der Waals surface area contributed by atoms with E-state index in [-0.39, 0.29) is 5.82 Å². The Kier molecular flexibility index (Phi) is 4.50. The van der Waals surface area contributed by atoms with Gasteiger partial charge < -0.3 is 9.55 Å². The van der Waals surface area contributed by atoms with Gasteiger partial charge in [0.1, 0.15) is 5.82 Å². The lowest BCUT2D eigenvalue weighted by atomic mass is 9.81. The summed E-state index contributed by atoms with van der Waals surface area (Å²) < 4.78 is 16.9. The van der Waals surface area contributed by atoms with Gasteiger partial charge in [-0.3, -0.25) is 0 Å². The highest BCUT2D eigenvalue weighted by atomic mass is 79.9. The Hall–Kier alpha value is -0.680. The Morgan fingerprint density at radius 2 is 2.24 bits per heavy atom. The summed E-state index contributed by atoms with van der Waals surface area (Å²) in [5.41, 5.74) is 1.76. The van der Waals surface area contributed by atoms with E-state index in [9.17, 15) is 4.39 Å². The zero-order valence-corrected chi connectivity index (χ0v) is 14.6. The molecule has 3 rings (SSSR count). The molecule has 0 saturated heterocycles. The van der Waals surface area contributed by atoms with Gasteiger partial charge >= 0.3 is 0 Å². The summed E-state index contributed by atoms with van der Waals surface area (Å²) in [7, 11) is 0. The second-order valence-corrected chi connectivity index (χ2v) is 7.53. The monoisotopic (exact) mass is 370 g/mol. The van der Waals surface area contributed by atoms with Crippen LogP contribution in [0.2, 0.25) is 0 Å². The Morgan fingerprint density at radius 1 is 1.43 bits per heavy atom. The minimum absolute atomic E-state index is 0.257. The molecule has 114 valence electrons. The third kappa shape index (κ3) is 3.24. The van der Waals surface area contributed by atoms with E-state index < -0.39 is 0 Å². The van der Waals surface area contributed by atoms with Crippen LogP contribution >= 0.6 is 28.1 Å². The number of hydrogen-bond donors (Lipinski definition) is 1. The summed E-state index contributed by atoms with van der Waals surface area (Å²) in [6, 6.07) is 3.33. The molecule has 1 N–H and O–H groups in total. The van der Waals surface area contributed by atoms with Crippen LogP contribution < -0.4 is 0 Å². The first-order valence-corrected chi connectivity index (χ1v) is 8.82. The molecule has 0 bridgehead atoms. The molecule has 2 aromatic rings. The number of imidazole rings is 1. The molecule has 0 radical (unpaired) electrons. The highest BCUT2D eigenvalue weighted by Gasteiger charge is 2.19. The van der Waals surface area contributed by atoms with Crippen LogP contribution in [0.25, 0.3) is 11.0 Å². The van der Waals surface area contributed by atoms with Gasteiger partial charge in [0.25, 0.3) is 0 Å². The number of halogens is 2. The normalized spacial score (nSPS) is 22.8. The Balaban J connectivity index is 1.82. The van der Waals surface area contributed by atoms with Crippen LogP contribution in [0.5, 0.6) is 0 Å². The van der Waals surface area contributed by atoms with Crippen molar-refractivity contribution < 1.29 is 4.39 Å². The second kappa shape index (κ2) is 6.21. The molecule has 1 aliphatic carbocycles. The van der Waals surface area contributed by atoms with Gasteiger partial charge in [0.2, 0.25) is 0 Å². The number of fused-ring (bicyclic) bond motifs is 1. The molecule has 0 aliphatic heterocycles. The van der Waals surface area contributed by atoms with Gasteiger partial charge in [-0.2, -0.15) is 0 Å². The highest BCUT2D eigenvalue weighted by Crippen LogP contribution is 2.31. The Morgan fingerprint density at radius 3 is 3.00 bits per heavy atom. The first kappa shape index (κ1) is 15.2. The second-order valence-electron chi connectivity index (χ2n) is 6.29. The first-order valence-electron chi connectivity index (χ1n) is 7.62. The maximum absolute atomic E-state index is 13.6. The maximum atomic E-state index is 13.6. The van der Waals surface area contributed by atoms with E-state index in [2.05, 4.69) is 32.4 Å². The topological polar surface area (TPSA) is 20.7 Å².